The Bertz CT molecular complexity index is 1290. The molecule has 0 atom stereocenters. The van der Waals surface area contributed by atoms with Crippen LogP contribution in [-0.4, -0.2) is 24.2 Å². The van der Waals surface area contributed by atoms with Gasteiger partial charge in [-0.15, -0.1) is 0 Å². The quantitative estimate of drug-likeness (QED) is 0.369. The van der Waals surface area contributed by atoms with E-state index in [2.05, 4.69) is 20.5 Å². The van der Waals surface area contributed by atoms with Crippen LogP contribution in [0.5, 0.6) is 0 Å². The summed E-state index contributed by atoms with van der Waals surface area (Å²) in [5.74, 6) is 0.168. The van der Waals surface area contributed by atoms with Crippen LogP contribution >= 0.6 is 0 Å². The number of alkyl halides is 3. The molecule has 0 aliphatic heterocycles. The Kier molecular flexibility index (Phi) is 7.83. The first kappa shape index (κ1) is 26.2. The van der Waals surface area contributed by atoms with Gasteiger partial charge in [-0.25, -0.2) is 14.6 Å². The van der Waals surface area contributed by atoms with Crippen LogP contribution in [0.3, 0.4) is 0 Å². The van der Waals surface area contributed by atoms with Crippen molar-refractivity contribution in [3.8, 4) is 5.69 Å². The first-order valence-corrected chi connectivity index (χ1v) is 12.0. The number of benzene rings is 2. The van der Waals surface area contributed by atoms with E-state index in [0.717, 1.165) is 11.6 Å². The van der Waals surface area contributed by atoms with E-state index in [1.807, 2.05) is 19.9 Å². The number of hydrogen-bond acceptors (Lipinski definition) is 4. The van der Waals surface area contributed by atoms with Gasteiger partial charge in [0, 0.05) is 12.2 Å². The number of nitrogens with one attached hydrogen (secondary N) is 3. The van der Waals surface area contributed by atoms with Crippen LogP contribution < -0.4 is 20.5 Å². The Labute approximate surface area is 200 Å². The molecule has 1 heterocycles. The van der Waals surface area contributed by atoms with Crippen LogP contribution in [-0.2, 0) is 29.5 Å². The molecular formula is C22H25F3N6O3S. The van der Waals surface area contributed by atoms with E-state index in [1.165, 1.54) is 4.68 Å². The van der Waals surface area contributed by atoms with Gasteiger partial charge in [-0.1, -0.05) is 38.1 Å². The summed E-state index contributed by atoms with van der Waals surface area (Å²) >= 11 is 0. The van der Waals surface area contributed by atoms with Crippen molar-refractivity contribution in [1.29, 1.82) is 0 Å². The van der Waals surface area contributed by atoms with Crippen LogP contribution in [0, 0.1) is 0 Å². The van der Waals surface area contributed by atoms with Gasteiger partial charge in [0.05, 0.1) is 17.9 Å². The molecule has 1 aromatic heterocycles. The van der Waals surface area contributed by atoms with E-state index < -0.39 is 28.1 Å². The summed E-state index contributed by atoms with van der Waals surface area (Å²) in [5, 5.41) is 13.7. The Balaban J connectivity index is 1.71. The molecule has 3 rings (SSSR count). The third-order valence-electron chi connectivity index (χ3n) is 4.97. The highest BCUT2D eigenvalue weighted by Gasteiger charge is 2.35. The number of rotatable bonds is 8. The van der Waals surface area contributed by atoms with Crippen molar-refractivity contribution in [3.05, 3.63) is 77.1 Å². The standard InChI is InChI=1S/C22H25F3N6O3S/c1-14(2)16-4-3-5-18(10-16)31-19(11-20(30-31)22(23,24)25)13-27-21(32)29-17-8-6-15(7-9-17)12-28-35(26,33)34/h3-11,14,28H,12-13H2,1-2H3,(H2,26,33,34)(H2,27,29,32). The maximum Gasteiger partial charge on any atom is 0.435 e. The summed E-state index contributed by atoms with van der Waals surface area (Å²) in [5.41, 5.74) is 1.48. The lowest BCUT2D eigenvalue weighted by molar-refractivity contribution is -0.141. The number of aromatic nitrogens is 2. The second-order valence-corrected chi connectivity index (χ2v) is 9.43. The van der Waals surface area contributed by atoms with Crippen molar-refractivity contribution in [2.45, 2.75) is 39.0 Å². The molecule has 35 heavy (non-hydrogen) atoms. The summed E-state index contributed by atoms with van der Waals surface area (Å²) in [6.45, 7) is 3.71. The summed E-state index contributed by atoms with van der Waals surface area (Å²) in [6.07, 6.45) is -4.64. The van der Waals surface area contributed by atoms with E-state index in [-0.39, 0.29) is 24.7 Å². The van der Waals surface area contributed by atoms with Crippen LogP contribution in [0.4, 0.5) is 23.7 Å². The van der Waals surface area contributed by atoms with Gasteiger partial charge in [0.15, 0.2) is 5.69 Å². The van der Waals surface area contributed by atoms with E-state index in [4.69, 9.17) is 5.14 Å². The van der Waals surface area contributed by atoms with Crippen molar-refractivity contribution in [3.63, 3.8) is 0 Å². The van der Waals surface area contributed by atoms with E-state index in [9.17, 15) is 26.4 Å². The molecule has 188 valence electrons. The Hall–Kier alpha value is -3.42. The van der Waals surface area contributed by atoms with Crippen LogP contribution in [0.1, 0.15) is 42.3 Å². The highest BCUT2D eigenvalue weighted by atomic mass is 32.2. The molecule has 13 heteroatoms. The monoisotopic (exact) mass is 510 g/mol. The number of carbonyl (C=O) groups excluding carboxylic acids is 1. The third kappa shape index (κ3) is 7.53. The molecule has 0 aliphatic rings. The average molecular weight is 511 g/mol. The zero-order chi connectivity index (χ0) is 25.8. The molecule has 9 nitrogen and oxygen atoms in total. The summed E-state index contributed by atoms with van der Waals surface area (Å²) in [7, 11) is -3.83. The molecule has 2 amide bonds. The molecule has 0 bridgehead atoms. The second-order valence-electron chi connectivity index (χ2n) is 8.05. The first-order valence-electron chi connectivity index (χ1n) is 10.5. The molecule has 0 unspecified atom stereocenters. The van der Waals surface area contributed by atoms with Crippen molar-refractivity contribution >= 4 is 21.9 Å². The fourth-order valence-electron chi connectivity index (χ4n) is 3.16. The van der Waals surface area contributed by atoms with Gasteiger partial charge in [0.2, 0.25) is 0 Å². The number of nitrogens with zero attached hydrogens (tertiary/aromatic N) is 2. The average Bonchev–Trinajstić information content (AvgIpc) is 3.22. The Morgan fingerprint density at radius 3 is 2.37 bits per heavy atom. The number of hydrogen-bond donors (Lipinski definition) is 4. The van der Waals surface area contributed by atoms with Crippen molar-refractivity contribution < 1.29 is 26.4 Å². The molecule has 0 saturated heterocycles. The van der Waals surface area contributed by atoms with Crippen LogP contribution in [0.15, 0.2) is 54.6 Å². The normalized spacial score (nSPS) is 12.1. The highest BCUT2D eigenvalue weighted by Crippen LogP contribution is 2.30. The van der Waals surface area contributed by atoms with Crippen molar-refractivity contribution in [2.24, 2.45) is 5.14 Å². The lowest BCUT2D eigenvalue weighted by atomic mass is 10.0. The molecule has 0 spiro atoms. The largest absolute Gasteiger partial charge is 0.435 e. The predicted molar refractivity (Wildman–Crippen MR) is 125 cm³/mol. The van der Waals surface area contributed by atoms with Gasteiger partial charge in [0.1, 0.15) is 0 Å². The summed E-state index contributed by atoms with van der Waals surface area (Å²) in [4.78, 5) is 12.3. The van der Waals surface area contributed by atoms with Gasteiger partial charge in [-0.2, -0.15) is 31.4 Å². The third-order valence-corrected chi connectivity index (χ3v) is 5.52. The number of anilines is 1. The molecule has 3 aromatic rings. The zero-order valence-electron chi connectivity index (χ0n) is 18.9. The van der Waals surface area contributed by atoms with Crippen LogP contribution in [0.2, 0.25) is 0 Å². The molecular weight excluding hydrogens is 485 g/mol. The maximum absolute atomic E-state index is 13.3. The maximum atomic E-state index is 13.3. The minimum Gasteiger partial charge on any atom is -0.332 e. The number of urea groups is 1. The van der Waals surface area contributed by atoms with Crippen LogP contribution in [0.25, 0.3) is 5.69 Å². The molecule has 0 fully saturated rings. The predicted octanol–water partition coefficient (Wildman–Crippen LogP) is 3.63. The topological polar surface area (TPSA) is 131 Å². The molecule has 0 radical (unpaired) electrons. The number of amides is 2. The SMILES string of the molecule is CC(C)c1cccc(-n2nc(C(F)(F)F)cc2CNC(=O)Nc2ccc(CNS(N)(=O)=O)cc2)c1. The number of carbonyl (C=O) groups is 1. The number of nitrogens with two attached hydrogens (primary N) is 1. The summed E-state index contributed by atoms with van der Waals surface area (Å²) in [6, 6.07) is 13.5. The van der Waals surface area contributed by atoms with E-state index in [1.54, 1.807) is 42.5 Å². The summed E-state index contributed by atoms with van der Waals surface area (Å²) < 4.78 is 65.2. The second kappa shape index (κ2) is 10.5. The minimum atomic E-state index is -4.64. The lowest BCUT2D eigenvalue weighted by Crippen LogP contribution is -2.30. The fourth-order valence-corrected chi connectivity index (χ4v) is 3.53. The van der Waals surface area contributed by atoms with Crippen molar-refractivity contribution in [1.82, 2.24) is 19.8 Å². The highest BCUT2D eigenvalue weighted by molar-refractivity contribution is 7.87. The smallest absolute Gasteiger partial charge is 0.332 e. The molecule has 0 aliphatic carbocycles. The lowest BCUT2D eigenvalue weighted by Gasteiger charge is -2.12. The zero-order valence-corrected chi connectivity index (χ0v) is 19.7. The molecule has 2 aromatic carbocycles. The van der Waals surface area contributed by atoms with Gasteiger partial charge in [-0.3, -0.25) is 0 Å². The number of halogens is 3. The molecule has 0 saturated carbocycles. The van der Waals surface area contributed by atoms with Gasteiger partial charge >= 0.3 is 12.2 Å². The Morgan fingerprint density at radius 2 is 1.77 bits per heavy atom. The van der Waals surface area contributed by atoms with Crippen molar-refractivity contribution in [2.75, 3.05) is 5.32 Å². The first-order chi connectivity index (χ1) is 16.3. The minimum absolute atomic E-state index is 0.0190. The van der Waals surface area contributed by atoms with E-state index >= 15 is 0 Å². The van der Waals surface area contributed by atoms with E-state index in [0.29, 0.717) is 16.9 Å². The fraction of sp³-hybridized carbons (Fsp3) is 0.273. The van der Waals surface area contributed by atoms with Gasteiger partial charge < -0.3 is 10.6 Å². The Morgan fingerprint density at radius 1 is 1.09 bits per heavy atom. The van der Waals surface area contributed by atoms with Gasteiger partial charge in [-0.05, 0) is 47.4 Å². The van der Waals surface area contributed by atoms with Gasteiger partial charge in [0.25, 0.3) is 10.2 Å². The molecule has 5 N–H and O–H groups in total.